The van der Waals surface area contributed by atoms with Crippen LogP contribution in [0.15, 0.2) is 54.6 Å². The van der Waals surface area contributed by atoms with E-state index in [1.807, 2.05) is 17.0 Å². The van der Waals surface area contributed by atoms with Crippen molar-refractivity contribution in [3.8, 4) is 5.75 Å². The lowest BCUT2D eigenvalue weighted by Crippen LogP contribution is -2.38. The largest absolute Gasteiger partial charge is 0.497 e. The summed E-state index contributed by atoms with van der Waals surface area (Å²) in [5, 5.41) is 8.52. The molecule has 1 aliphatic rings. The molecule has 2 heterocycles. The average molecular weight is 444 g/mol. The summed E-state index contributed by atoms with van der Waals surface area (Å²) >= 11 is 0. The van der Waals surface area contributed by atoms with Crippen LogP contribution in [0, 0.1) is 0 Å². The van der Waals surface area contributed by atoms with Crippen LogP contribution < -0.4 is 10.2 Å². The maximum absolute atomic E-state index is 12.7. The Morgan fingerprint density at radius 1 is 1.13 bits per heavy atom. The molecule has 0 saturated carbocycles. The molecule has 2 amide bonds. The van der Waals surface area contributed by atoms with E-state index >= 15 is 0 Å². The van der Waals surface area contributed by atoms with Crippen molar-refractivity contribution in [3.63, 3.8) is 0 Å². The molecule has 3 rings (SSSR count). The van der Waals surface area contributed by atoms with Gasteiger partial charge < -0.3 is 9.64 Å². The number of amides is 2. The molecule has 0 radical (unpaired) electrons. The Morgan fingerprint density at radius 3 is 2.45 bits per heavy atom. The standard InChI is InChI=1S/C23H25N3O4.ClH/c1-30-21-11-7-17(8-12-21)18-4-3-15-26(16-18)23(28)14-10-20-6-2-5-19(24-20)9-13-22(27)25-29;/h2,5-14,18,29H,3-4,15-16H2,1H3,(H,25,27);1H. The molecule has 164 valence electrons. The van der Waals surface area contributed by atoms with Gasteiger partial charge >= 0.3 is 0 Å². The quantitative estimate of drug-likeness (QED) is 0.405. The molecular formula is C23H26ClN3O4. The normalized spacial score (nSPS) is 16.2. The lowest BCUT2D eigenvalue weighted by atomic mass is 9.90. The highest BCUT2D eigenvalue weighted by Gasteiger charge is 2.23. The zero-order valence-corrected chi connectivity index (χ0v) is 18.0. The van der Waals surface area contributed by atoms with Crippen molar-refractivity contribution < 1.29 is 19.5 Å². The first-order chi connectivity index (χ1) is 14.6. The van der Waals surface area contributed by atoms with Gasteiger partial charge in [0.05, 0.1) is 18.5 Å². The number of aromatic nitrogens is 1. The first kappa shape index (κ1) is 24.1. The maximum atomic E-state index is 12.7. The van der Waals surface area contributed by atoms with E-state index in [0.29, 0.717) is 23.9 Å². The van der Waals surface area contributed by atoms with Gasteiger partial charge in [0.2, 0.25) is 5.91 Å². The number of benzene rings is 1. The van der Waals surface area contributed by atoms with Crippen molar-refractivity contribution in [3.05, 3.63) is 71.6 Å². The summed E-state index contributed by atoms with van der Waals surface area (Å²) in [5.41, 5.74) is 3.89. The smallest absolute Gasteiger partial charge is 0.267 e. The number of carbonyl (C=O) groups excluding carboxylic acids is 2. The van der Waals surface area contributed by atoms with Crippen LogP contribution in [0.4, 0.5) is 0 Å². The molecule has 0 bridgehead atoms. The third-order valence-corrected chi connectivity index (χ3v) is 5.02. The molecule has 1 aromatic carbocycles. The number of hydroxylamine groups is 1. The average Bonchev–Trinajstić information content (AvgIpc) is 2.81. The zero-order chi connectivity index (χ0) is 21.3. The zero-order valence-electron chi connectivity index (χ0n) is 17.2. The number of hydrogen-bond acceptors (Lipinski definition) is 5. The van der Waals surface area contributed by atoms with E-state index in [2.05, 4.69) is 17.1 Å². The number of nitrogens with zero attached hydrogens (tertiary/aromatic N) is 2. The summed E-state index contributed by atoms with van der Waals surface area (Å²) in [6.45, 7) is 1.42. The highest BCUT2D eigenvalue weighted by molar-refractivity contribution is 5.92. The van der Waals surface area contributed by atoms with Gasteiger partial charge in [-0.25, -0.2) is 10.5 Å². The van der Waals surface area contributed by atoms with E-state index in [0.717, 1.165) is 25.1 Å². The summed E-state index contributed by atoms with van der Waals surface area (Å²) in [5.74, 6) is 0.457. The number of ether oxygens (including phenoxy) is 1. The highest BCUT2D eigenvalue weighted by Crippen LogP contribution is 2.28. The predicted molar refractivity (Wildman–Crippen MR) is 121 cm³/mol. The second-order valence-electron chi connectivity index (χ2n) is 7.03. The monoisotopic (exact) mass is 443 g/mol. The van der Waals surface area contributed by atoms with Crippen LogP contribution in [0.3, 0.4) is 0 Å². The summed E-state index contributed by atoms with van der Waals surface area (Å²) in [6, 6.07) is 13.3. The van der Waals surface area contributed by atoms with Gasteiger partial charge in [-0.2, -0.15) is 0 Å². The first-order valence-electron chi connectivity index (χ1n) is 9.79. The fourth-order valence-corrected chi connectivity index (χ4v) is 3.44. The van der Waals surface area contributed by atoms with Crippen molar-refractivity contribution in [2.75, 3.05) is 20.2 Å². The molecule has 1 aliphatic heterocycles. The molecule has 0 spiro atoms. The van der Waals surface area contributed by atoms with Gasteiger partial charge in [-0.1, -0.05) is 18.2 Å². The topological polar surface area (TPSA) is 91.8 Å². The number of pyridine rings is 1. The van der Waals surface area contributed by atoms with Crippen LogP contribution in [0.25, 0.3) is 12.2 Å². The van der Waals surface area contributed by atoms with E-state index < -0.39 is 5.91 Å². The van der Waals surface area contributed by atoms with Crippen LogP contribution in [0.1, 0.15) is 35.7 Å². The number of methoxy groups -OCH3 is 1. The van der Waals surface area contributed by atoms with Crippen LogP contribution >= 0.6 is 12.4 Å². The van der Waals surface area contributed by atoms with Gasteiger partial charge in [-0.3, -0.25) is 14.8 Å². The summed E-state index contributed by atoms with van der Waals surface area (Å²) in [6.07, 6.45) is 7.87. The minimum Gasteiger partial charge on any atom is -0.497 e. The van der Waals surface area contributed by atoms with Crippen LogP contribution in [0.5, 0.6) is 5.75 Å². The molecule has 1 aromatic heterocycles. The Labute approximate surface area is 187 Å². The second-order valence-corrected chi connectivity index (χ2v) is 7.03. The highest BCUT2D eigenvalue weighted by atomic mass is 35.5. The van der Waals surface area contributed by atoms with Crippen LogP contribution in [-0.4, -0.2) is 47.1 Å². The third-order valence-electron chi connectivity index (χ3n) is 5.02. The minimum atomic E-state index is -0.635. The number of hydrogen-bond donors (Lipinski definition) is 2. The number of likely N-dealkylation sites (tertiary alicyclic amines) is 1. The first-order valence-corrected chi connectivity index (χ1v) is 9.79. The fraction of sp³-hybridized carbons (Fsp3) is 0.261. The number of carbonyl (C=O) groups is 2. The lowest BCUT2D eigenvalue weighted by molar-refractivity contribution is -0.127. The molecule has 8 heteroatoms. The molecule has 1 unspecified atom stereocenters. The lowest BCUT2D eigenvalue weighted by Gasteiger charge is -2.32. The van der Waals surface area contributed by atoms with Crippen LogP contribution in [0.2, 0.25) is 0 Å². The van der Waals surface area contributed by atoms with E-state index in [4.69, 9.17) is 9.94 Å². The summed E-state index contributed by atoms with van der Waals surface area (Å²) < 4.78 is 5.22. The number of nitrogens with one attached hydrogen (secondary N) is 1. The molecule has 2 aromatic rings. The van der Waals surface area contributed by atoms with Crippen molar-refractivity contribution in [1.82, 2.24) is 15.4 Å². The predicted octanol–water partition coefficient (Wildman–Crippen LogP) is 3.45. The Hall–Kier alpha value is -3.16. The van der Waals surface area contributed by atoms with E-state index in [1.165, 1.54) is 29.3 Å². The molecule has 1 saturated heterocycles. The molecule has 1 atom stereocenters. The van der Waals surface area contributed by atoms with Gasteiger partial charge in [0, 0.05) is 31.2 Å². The number of piperidine rings is 1. The van der Waals surface area contributed by atoms with Gasteiger partial charge in [-0.05, 0) is 54.8 Å². The maximum Gasteiger partial charge on any atom is 0.267 e. The molecule has 0 aliphatic carbocycles. The number of halogens is 1. The van der Waals surface area contributed by atoms with Crippen molar-refractivity contribution >= 4 is 36.4 Å². The Morgan fingerprint density at radius 2 is 1.81 bits per heavy atom. The van der Waals surface area contributed by atoms with Gasteiger partial charge in [0.25, 0.3) is 5.91 Å². The van der Waals surface area contributed by atoms with Crippen molar-refractivity contribution in [1.29, 1.82) is 0 Å². The Bertz CT molecular complexity index is 944. The van der Waals surface area contributed by atoms with E-state index in [1.54, 1.807) is 31.4 Å². The van der Waals surface area contributed by atoms with Gasteiger partial charge in [-0.15, -0.1) is 12.4 Å². The van der Waals surface area contributed by atoms with Crippen molar-refractivity contribution in [2.45, 2.75) is 18.8 Å². The van der Waals surface area contributed by atoms with Gasteiger partial charge in [0.1, 0.15) is 5.75 Å². The minimum absolute atomic E-state index is 0. The summed E-state index contributed by atoms with van der Waals surface area (Å²) in [7, 11) is 1.65. The molecule has 7 nitrogen and oxygen atoms in total. The third kappa shape index (κ3) is 6.94. The molecular weight excluding hydrogens is 418 g/mol. The fourth-order valence-electron chi connectivity index (χ4n) is 3.44. The SMILES string of the molecule is COc1ccc(C2CCCN(C(=O)C=Cc3cccc(C=CC(=O)NO)n3)C2)cc1.Cl. The summed E-state index contributed by atoms with van der Waals surface area (Å²) in [4.78, 5) is 30.0. The van der Waals surface area contributed by atoms with Gasteiger partial charge in [0.15, 0.2) is 0 Å². The van der Waals surface area contributed by atoms with Crippen LogP contribution in [-0.2, 0) is 9.59 Å². The van der Waals surface area contributed by atoms with Crippen molar-refractivity contribution in [2.24, 2.45) is 0 Å². The van der Waals surface area contributed by atoms with E-state index in [-0.39, 0.29) is 18.3 Å². The molecule has 31 heavy (non-hydrogen) atoms. The Kier molecular flexibility index (Phi) is 9.24. The Balaban J connectivity index is 0.00000341. The second kappa shape index (κ2) is 11.9. The number of rotatable bonds is 6. The molecule has 2 N–H and O–H groups in total. The van der Waals surface area contributed by atoms with E-state index in [9.17, 15) is 9.59 Å². The molecule has 1 fully saturated rings.